The molecule has 148 valence electrons. The molecule has 0 saturated carbocycles. The Morgan fingerprint density at radius 3 is 1.92 bits per heavy atom. The van der Waals surface area contributed by atoms with Crippen molar-refractivity contribution in [2.75, 3.05) is 33.8 Å². The van der Waals surface area contributed by atoms with Crippen LogP contribution < -0.4 is 0 Å². The SMILES string of the molecule is CCC(C)(C)C(C)(CC(C)(C)C)C(=O)OCC[N+](C)(C)CCC(=O)O. The van der Waals surface area contributed by atoms with Gasteiger partial charge in [-0.2, -0.15) is 0 Å². The van der Waals surface area contributed by atoms with Gasteiger partial charge in [-0.05, 0) is 30.6 Å². The quantitative estimate of drug-likeness (QED) is 0.474. The van der Waals surface area contributed by atoms with Gasteiger partial charge in [0.1, 0.15) is 13.2 Å². The van der Waals surface area contributed by atoms with Crippen molar-refractivity contribution in [3.8, 4) is 0 Å². The van der Waals surface area contributed by atoms with Gasteiger partial charge in [0, 0.05) is 0 Å². The predicted molar refractivity (Wildman–Crippen MR) is 101 cm³/mol. The fourth-order valence-corrected chi connectivity index (χ4v) is 3.09. The second-order valence-electron chi connectivity index (χ2n) is 9.97. The zero-order valence-corrected chi connectivity index (χ0v) is 17.9. The van der Waals surface area contributed by atoms with Crippen LogP contribution in [0.5, 0.6) is 0 Å². The maximum atomic E-state index is 13.0. The highest BCUT2D eigenvalue weighted by Crippen LogP contribution is 2.49. The van der Waals surface area contributed by atoms with Crippen LogP contribution in [0.4, 0.5) is 0 Å². The highest BCUT2D eigenvalue weighted by atomic mass is 16.5. The fraction of sp³-hybridized carbons (Fsp3) is 0.900. The van der Waals surface area contributed by atoms with Crippen LogP contribution in [0.15, 0.2) is 0 Å². The lowest BCUT2D eigenvalue weighted by molar-refractivity contribution is -0.889. The first kappa shape index (κ1) is 23.9. The molecule has 5 heteroatoms. The van der Waals surface area contributed by atoms with Crippen LogP contribution in [0.3, 0.4) is 0 Å². The summed E-state index contributed by atoms with van der Waals surface area (Å²) in [6.45, 7) is 16.3. The molecule has 5 nitrogen and oxygen atoms in total. The Labute approximate surface area is 154 Å². The first-order chi connectivity index (χ1) is 11.1. The van der Waals surface area contributed by atoms with E-state index in [1.807, 2.05) is 21.0 Å². The summed E-state index contributed by atoms with van der Waals surface area (Å²) >= 11 is 0. The molecule has 0 amide bonds. The van der Waals surface area contributed by atoms with Crippen LogP contribution in [0, 0.1) is 16.2 Å². The summed E-state index contributed by atoms with van der Waals surface area (Å²) in [5.74, 6) is -0.946. The molecule has 0 aromatic heterocycles. The molecule has 0 aliphatic heterocycles. The maximum Gasteiger partial charge on any atom is 0.312 e. The van der Waals surface area contributed by atoms with Crippen LogP contribution in [0.25, 0.3) is 0 Å². The van der Waals surface area contributed by atoms with Crippen molar-refractivity contribution in [3.05, 3.63) is 0 Å². The van der Waals surface area contributed by atoms with Gasteiger partial charge >= 0.3 is 11.9 Å². The molecule has 25 heavy (non-hydrogen) atoms. The number of quaternary nitrogens is 1. The Morgan fingerprint density at radius 1 is 1.00 bits per heavy atom. The first-order valence-corrected chi connectivity index (χ1v) is 9.27. The third kappa shape index (κ3) is 7.76. The molecule has 0 bridgehead atoms. The van der Waals surface area contributed by atoms with E-state index < -0.39 is 11.4 Å². The summed E-state index contributed by atoms with van der Waals surface area (Å²) in [5.41, 5.74) is -0.694. The number of nitrogens with zero attached hydrogens (tertiary/aromatic N) is 1. The van der Waals surface area contributed by atoms with Crippen molar-refractivity contribution in [2.45, 2.75) is 67.7 Å². The summed E-state index contributed by atoms with van der Waals surface area (Å²) in [6, 6.07) is 0. The van der Waals surface area contributed by atoms with E-state index in [1.54, 1.807) is 0 Å². The molecule has 1 unspecified atom stereocenters. The predicted octanol–water partition coefficient (Wildman–Crippen LogP) is 3.96. The van der Waals surface area contributed by atoms with Crippen molar-refractivity contribution >= 4 is 11.9 Å². The minimum atomic E-state index is -0.800. The van der Waals surface area contributed by atoms with E-state index in [0.29, 0.717) is 24.2 Å². The minimum Gasteiger partial charge on any atom is -0.481 e. The van der Waals surface area contributed by atoms with Gasteiger partial charge in [-0.25, -0.2) is 0 Å². The average molecular weight is 359 g/mol. The Balaban J connectivity index is 4.98. The summed E-state index contributed by atoms with van der Waals surface area (Å²) < 4.78 is 6.20. The van der Waals surface area contributed by atoms with E-state index in [9.17, 15) is 9.59 Å². The molecule has 0 radical (unpaired) electrons. The Bertz CT molecular complexity index is 463. The Hall–Kier alpha value is -1.10. The van der Waals surface area contributed by atoms with Gasteiger partial charge in [0.25, 0.3) is 0 Å². The molecule has 1 N–H and O–H groups in total. The molecular weight excluding hydrogens is 318 g/mol. The number of hydrogen-bond acceptors (Lipinski definition) is 3. The molecule has 0 rings (SSSR count). The van der Waals surface area contributed by atoms with E-state index in [1.165, 1.54) is 0 Å². The zero-order valence-electron chi connectivity index (χ0n) is 17.9. The number of carbonyl (C=O) groups excluding carboxylic acids is 1. The fourth-order valence-electron chi connectivity index (χ4n) is 3.09. The van der Waals surface area contributed by atoms with Gasteiger partial charge in [0.05, 0.1) is 32.5 Å². The van der Waals surface area contributed by atoms with Gasteiger partial charge in [-0.15, -0.1) is 0 Å². The summed E-state index contributed by atoms with van der Waals surface area (Å²) in [6.07, 6.45) is 1.78. The van der Waals surface area contributed by atoms with E-state index in [4.69, 9.17) is 9.84 Å². The summed E-state index contributed by atoms with van der Waals surface area (Å²) in [5, 5.41) is 8.83. The Morgan fingerprint density at radius 2 is 1.52 bits per heavy atom. The van der Waals surface area contributed by atoms with E-state index in [-0.39, 0.29) is 23.2 Å². The molecule has 0 fully saturated rings. The monoisotopic (exact) mass is 358 g/mol. The number of carboxylic acids is 1. The van der Waals surface area contributed by atoms with Crippen molar-refractivity contribution in [3.63, 3.8) is 0 Å². The second kappa shape index (κ2) is 8.52. The molecular formula is C20H40NO4+. The number of carboxylic acid groups (broad SMARTS) is 1. The van der Waals surface area contributed by atoms with Crippen LogP contribution in [-0.4, -0.2) is 55.3 Å². The minimum absolute atomic E-state index is 0.0248. The smallest absolute Gasteiger partial charge is 0.312 e. The number of ether oxygens (including phenoxy) is 1. The number of aliphatic carboxylic acids is 1. The molecule has 0 saturated heterocycles. The molecule has 1 atom stereocenters. The third-order valence-corrected chi connectivity index (χ3v) is 5.57. The number of hydrogen-bond donors (Lipinski definition) is 1. The highest BCUT2D eigenvalue weighted by molar-refractivity contribution is 5.77. The van der Waals surface area contributed by atoms with E-state index >= 15 is 0 Å². The first-order valence-electron chi connectivity index (χ1n) is 9.27. The maximum absolute atomic E-state index is 13.0. The normalized spacial score (nSPS) is 15.6. The van der Waals surface area contributed by atoms with E-state index in [2.05, 4.69) is 41.5 Å². The largest absolute Gasteiger partial charge is 0.481 e. The Kier molecular flexibility index (Phi) is 8.15. The van der Waals surface area contributed by atoms with Crippen LogP contribution in [0.1, 0.15) is 67.7 Å². The standard InChI is InChI=1S/C20H39NO4/c1-10-19(5,6)20(7,15-18(2,3)4)17(24)25-14-13-21(8,9)12-11-16(22)23/h10-15H2,1-9H3/p+1. The number of likely N-dealkylation sites (N-methyl/N-ethyl adjacent to an activating group) is 1. The van der Waals surface area contributed by atoms with Gasteiger partial charge in [-0.3, -0.25) is 9.59 Å². The van der Waals surface area contributed by atoms with Crippen molar-refractivity contribution in [1.82, 2.24) is 0 Å². The number of rotatable bonds is 10. The lowest BCUT2D eigenvalue weighted by Gasteiger charge is -2.45. The molecule has 0 aromatic rings. The van der Waals surface area contributed by atoms with Crippen molar-refractivity contribution in [1.29, 1.82) is 0 Å². The van der Waals surface area contributed by atoms with Gasteiger partial charge < -0.3 is 14.3 Å². The molecule has 0 aliphatic carbocycles. The number of esters is 1. The summed E-state index contributed by atoms with van der Waals surface area (Å²) in [4.78, 5) is 23.7. The number of carbonyl (C=O) groups is 2. The summed E-state index contributed by atoms with van der Waals surface area (Å²) in [7, 11) is 3.92. The van der Waals surface area contributed by atoms with Crippen molar-refractivity contribution < 1.29 is 23.9 Å². The van der Waals surface area contributed by atoms with Gasteiger partial charge in [0.15, 0.2) is 0 Å². The van der Waals surface area contributed by atoms with Crippen LogP contribution >= 0.6 is 0 Å². The van der Waals surface area contributed by atoms with E-state index in [0.717, 1.165) is 12.8 Å². The topological polar surface area (TPSA) is 63.6 Å². The second-order valence-corrected chi connectivity index (χ2v) is 9.97. The molecule has 0 aliphatic rings. The van der Waals surface area contributed by atoms with Crippen molar-refractivity contribution in [2.24, 2.45) is 16.2 Å². The third-order valence-electron chi connectivity index (χ3n) is 5.57. The highest BCUT2D eigenvalue weighted by Gasteiger charge is 2.49. The molecule has 0 aromatic carbocycles. The lowest BCUT2D eigenvalue weighted by Crippen LogP contribution is -2.47. The lowest BCUT2D eigenvalue weighted by atomic mass is 9.59. The average Bonchev–Trinajstić information content (AvgIpc) is 2.42. The molecule has 0 spiro atoms. The van der Waals surface area contributed by atoms with Gasteiger partial charge in [-0.1, -0.05) is 41.5 Å². The zero-order chi connectivity index (χ0) is 20.1. The van der Waals surface area contributed by atoms with Crippen LogP contribution in [-0.2, 0) is 14.3 Å². The van der Waals surface area contributed by atoms with Crippen LogP contribution in [0.2, 0.25) is 0 Å². The molecule has 0 heterocycles. The van der Waals surface area contributed by atoms with Gasteiger partial charge in [0.2, 0.25) is 0 Å².